The molecule has 0 aromatic carbocycles. The van der Waals surface area contributed by atoms with Gasteiger partial charge >= 0.3 is 0 Å². The fraction of sp³-hybridized carbons (Fsp3) is 0.682. The van der Waals surface area contributed by atoms with Crippen LogP contribution in [-0.2, 0) is 33.6 Å². The molecule has 0 saturated carbocycles. The topological polar surface area (TPSA) is 275 Å². The monoisotopic (exact) mass is 590 g/mol. The molecule has 0 radical (unpaired) electrons. The summed E-state index contributed by atoms with van der Waals surface area (Å²) < 4.78 is 0. The largest absolute Gasteiger partial charge is 0.394 e. The van der Waals surface area contributed by atoms with Crippen molar-refractivity contribution in [3.63, 3.8) is 0 Å². The van der Waals surface area contributed by atoms with Crippen molar-refractivity contribution in [3.05, 3.63) is 0 Å². The summed E-state index contributed by atoms with van der Waals surface area (Å²) in [6, 6.07) is -5.80. The highest BCUT2D eigenvalue weighted by atomic mass is 32.2. The number of nitrogens with two attached hydrogens (primary N) is 2. The second-order valence-electron chi connectivity index (χ2n) is 8.95. The van der Waals surface area contributed by atoms with Crippen LogP contribution >= 0.6 is 11.8 Å². The molecule has 0 bridgehead atoms. The normalized spacial score (nSPS) is 17.5. The Bertz CT molecular complexity index is 951. The Balaban J connectivity index is 2.92. The minimum Gasteiger partial charge on any atom is -0.394 e. The first kappa shape index (κ1) is 34.5. The van der Waals surface area contributed by atoms with Crippen LogP contribution < -0.4 is 38.1 Å². The highest BCUT2D eigenvalue weighted by Gasteiger charge is 2.39. The van der Waals surface area contributed by atoms with Crippen LogP contribution in [0.15, 0.2) is 0 Å². The smallest absolute Gasteiger partial charge is 0.248 e. The number of hydrogen-bond donors (Lipinski definition) is 9. The SMILES string of the molecule is CC(=O)NCSCC(NC(=O)C1CCCN1C(=O)C(CO)NC(=O)[C@H](C)N)C(=O)NCC(=O)NC(CO)C(N)=O. The van der Waals surface area contributed by atoms with Gasteiger partial charge in [0, 0.05) is 19.2 Å². The maximum absolute atomic E-state index is 13.2. The van der Waals surface area contributed by atoms with E-state index in [9.17, 15) is 38.7 Å². The minimum atomic E-state index is -1.35. The van der Waals surface area contributed by atoms with Gasteiger partial charge in [0.25, 0.3) is 0 Å². The predicted molar refractivity (Wildman–Crippen MR) is 142 cm³/mol. The van der Waals surface area contributed by atoms with Crippen molar-refractivity contribution >= 4 is 53.1 Å². The highest BCUT2D eigenvalue weighted by Crippen LogP contribution is 2.19. The van der Waals surface area contributed by atoms with Crippen LogP contribution in [0, 0.1) is 0 Å². The van der Waals surface area contributed by atoms with Gasteiger partial charge in [0.05, 0.1) is 31.7 Å². The fourth-order valence-electron chi connectivity index (χ4n) is 3.51. The van der Waals surface area contributed by atoms with E-state index in [0.717, 1.165) is 11.8 Å². The van der Waals surface area contributed by atoms with Gasteiger partial charge in [0.15, 0.2) is 0 Å². The first-order valence-corrected chi connectivity index (χ1v) is 13.5. The Morgan fingerprint density at radius 3 is 2.15 bits per heavy atom. The number of primary amides is 1. The minimum absolute atomic E-state index is 0.0234. The molecule has 7 amide bonds. The Morgan fingerprint density at radius 2 is 1.60 bits per heavy atom. The van der Waals surface area contributed by atoms with Gasteiger partial charge in [-0.3, -0.25) is 33.6 Å². The van der Waals surface area contributed by atoms with Gasteiger partial charge in [-0.2, -0.15) is 0 Å². The average Bonchev–Trinajstić information content (AvgIpc) is 3.39. The number of amides is 7. The quantitative estimate of drug-likeness (QED) is 0.0603. The summed E-state index contributed by atoms with van der Waals surface area (Å²) in [5.41, 5.74) is 10.6. The standard InChI is InChI=1S/C22H38N8O9S/c1-11(23)19(36)28-14(8-32)22(39)30-5-3-4-16(30)21(38)29-15(9-40-10-26-12(2)33)20(37)25-6-17(34)27-13(7-31)18(24)35/h11,13-16,31-32H,3-10,23H2,1-2H3,(H2,24,35)(H,25,37)(H,26,33)(H,27,34)(H,28,36)(H,29,38)/t11-,13?,14?,15?,16?/m0/s1. The van der Waals surface area contributed by atoms with Gasteiger partial charge < -0.3 is 53.2 Å². The number of aliphatic hydroxyl groups is 2. The Kier molecular flexibility index (Phi) is 14.9. The lowest BCUT2D eigenvalue weighted by Gasteiger charge is -2.29. The average molecular weight is 591 g/mol. The summed E-state index contributed by atoms with van der Waals surface area (Å²) in [5.74, 6) is -4.81. The molecule has 0 spiro atoms. The van der Waals surface area contributed by atoms with Gasteiger partial charge in [-0.15, -0.1) is 11.8 Å². The molecular weight excluding hydrogens is 552 g/mol. The van der Waals surface area contributed by atoms with Crippen molar-refractivity contribution in [2.24, 2.45) is 11.5 Å². The second kappa shape index (κ2) is 17.3. The lowest BCUT2D eigenvalue weighted by Crippen LogP contribution is -2.58. The van der Waals surface area contributed by atoms with Gasteiger partial charge in [-0.1, -0.05) is 0 Å². The first-order chi connectivity index (χ1) is 18.8. The van der Waals surface area contributed by atoms with E-state index in [4.69, 9.17) is 16.6 Å². The Morgan fingerprint density at radius 1 is 0.950 bits per heavy atom. The molecule has 1 rings (SSSR count). The number of thioether (sulfide) groups is 1. The molecule has 5 atom stereocenters. The third-order valence-corrected chi connectivity index (χ3v) is 6.59. The van der Waals surface area contributed by atoms with Crippen LogP contribution in [0.2, 0.25) is 0 Å². The van der Waals surface area contributed by atoms with E-state index < -0.39 is 85.4 Å². The molecule has 1 saturated heterocycles. The van der Waals surface area contributed by atoms with E-state index in [1.54, 1.807) is 0 Å². The molecule has 40 heavy (non-hydrogen) atoms. The number of likely N-dealkylation sites (tertiary alicyclic amines) is 1. The van der Waals surface area contributed by atoms with Crippen molar-refractivity contribution in [2.45, 2.75) is 56.9 Å². The third-order valence-electron chi connectivity index (χ3n) is 5.67. The van der Waals surface area contributed by atoms with Crippen LogP contribution in [0.3, 0.4) is 0 Å². The van der Waals surface area contributed by atoms with Crippen molar-refractivity contribution < 1.29 is 43.8 Å². The van der Waals surface area contributed by atoms with E-state index in [2.05, 4.69) is 26.6 Å². The third kappa shape index (κ3) is 11.3. The van der Waals surface area contributed by atoms with Crippen LogP contribution in [0.25, 0.3) is 0 Å². The van der Waals surface area contributed by atoms with Crippen molar-refractivity contribution in [3.8, 4) is 0 Å². The van der Waals surface area contributed by atoms with Crippen LogP contribution in [0.5, 0.6) is 0 Å². The predicted octanol–water partition coefficient (Wildman–Crippen LogP) is -5.81. The van der Waals surface area contributed by atoms with Crippen molar-refractivity contribution in [2.75, 3.05) is 37.9 Å². The molecule has 0 aliphatic carbocycles. The maximum Gasteiger partial charge on any atom is 0.248 e. The number of carbonyl (C=O) groups is 7. The number of hydrogen-bond acceptors (Lipinski definition) is 11. The summed E-state index contributed by atoms with van der Waals surface area (Å²) >= 11 is 1.10. The number of rotatable bonds is 16. The molecule has 226 valence electrons. The van der Waals surface area contributed by atoms with Crippen molar-refractivity contribution in [1.82, 2.24) is 31.5 Å². The molecule has 1 aliphatic rings. The van der Waals surface area contributed by atoms with Gasteiger partial charge in [0.1, 0.15) is 24.2 Å². The van der Waals surface area contributed by atoms with Gasteiger partial charge in [0.2, 0.25) is 41.4 Å². The second-order valence-corrected chi connectivity index (χ2v) is 9.98. The van der Waals surface area contributed by atoms with Crippen LogP contribution in [0.1, 0.15) is 26.7 Å². The molecular formula is C22H38N8O9S. The van der Waals surface area contributed by atoms with Gasteiger partial charge in [-0.05, 0) is 19.8 Å². The highest BCUT2D eigenvalue weighted by molar-refractivity contribution is 7.99. The summed E-state index contributed by atoms with van der Waals surface area (Å²) in [6.45, 7) is 0.817. The number of carbonyl (C=O) groups excluding carboxylic acids is 7. The lowest BCUT2D eigenvalue weighted by atomic mass is 10.1. The molecule has 17 nitrogen and oxygen atoms in total. The van der Waals surface area contributed by atoms with E-state index in [0.29, 0.717) is 6.42 Å². The van der Waals surface area contributed by atoms with Crippen LogP contribution in [0.4, 0.5) is 0 Å². The van der Waals surface area contributed by atoms with E-state index in [1.165, 1.54) is 18.7 Å². The van der Waals surface area contributed by atoms with E-state index in [1.807, 2.05) is 0 Å². The summed E-state index contributed by atoms with van der Waals surface area (Å²) in [7, 11) is 0. The zero-order chi connectivity index (χ0) is 30.4. The zero-order valence-corrected chi connectivity index (χ0v) is 23.1. The summed E-state index contributed by atoms with van der Waals surface area (Å²) in [4.78, 5) is 86.5. The molecule has 1 fully saturated rings. The molecule has 4 unspecified atom stereocenters. The molecule has 1 aliphatic heterocycles. The van der Waals surface area contributed by atoms with E-state index in [-0.39, 0.29) is 30.5 Å². The summed E-state index contributed by atoms with van der Waals surface area (Å²) in [5, 5.41) is 30.6. The zero-order valence-electron chi connectivity index (χ0n) is 22.3. The molecule has 0 aromatic heterocycles. The Labute approximate surface area is 234 Å². The fourth-order valence-corrected chi connectivity index (χ4v) is 4.41. The van der Waals surface area contributed by atoms with Gasteiger partial charge in [-0.25, -0.2) is 0 Å². The summed E-state index contributed by atoms with van der Waals surface area (Å²) in [6.07, 6.45) is 0.700. The van der Waals surface area contributed by atoms with Crippen LogP contribution in [-0.4, -0.2) is 125 Å². The maximum atomic E-state index is 13.2. The number of aliphatic hydroxyl groups excluding tert-OH is 2. The molecule has 1 heterocycles. The lowest BCUT2D eigenvalue weighted by molar-refractivity contribution is -0.143. The number of nitrogens with zero attached hydrogens (tertiary/aromatic N) is 1. The number of nitrogens with one attached hydrogen (secondary N) is 5. The van der Waals surface area contributed by atoms with E-state index >= 15 is 0 Å². The van der Waals surface area contributed by atoms with Crippen molar-refractivity contribution in [1.29, 1.82) is 0 Å². The first-order valence-electron chi connectivity index (χ1n) is 12.4. The molecule has 0 aromatic rings. The Hall–Kier alpha value is -3.48. The molecule has 18 heteroatoms. The molecule has 11 N–H and O–H groups in total.